The summed E-state index contributed by atoms with van der Waals surface area (Å²) in [5, 5.41) is 12.8. The Morgan fingerprint density at radius 2 is 2.03 bits per heavy atom. The van der Waals surface area contributed by atoms with Gasteiger partial charge < -0.3 is 24.4 Å². The summed E-state index contributed by atoms with van der Waals surface area (Å²) in [4.78, 5) is 15.1. The highest BCUT2D eigenvalue weighted by Crippen LogP contribution is 2.30. The largest absolute Gasteiger partial charge is 0.497 e. The van der Waals surface area contributed by atoms with Gasteiger partial charge in [0.05, 0.1) is 38.7 Å². The summed E-state index contributed by atoms with van der Waals surface area (Å²) in [6.07, 6.45) is 5.90. The van der Waals surface area contributed by atoms with Crippen molar-refractivity contribution in [1.82, 2.24) is 20.1 Å². The van der Waals surface area contributed by atoms with Crippen molar-refractivity contribution in [2.45, 2.75) is 62.9 Å². The van der Waals surface area contributed by atoms with Crippen molar-refractivity contribution >= 4 is 23.6 Å². The molecule has 0 bridgehead atoms. The molecule has 2 saturated heterocycles. The van der Waals surface area contributed by atoms with Crippen molar-refractivity contribution in [3.05, 3.63) is 23.8 Å². The third-order valence-corrected chi connectivity index (χ3v) is 7.33. The second-order valence-corrected chi connectivity index (χ2v) is 9.70. The third kappa shape index (κ3) is 5.96. The van der Waals surface area contributed by atoms with Crippen LogP contribution in [0.25, 0.3) is 0 Å². The molecule has 186 valence electrons. The van der Waals surface area contributed by atoms with E-state index in [0.717, 1.165) is 61.5 Å². The lowest BCUT2D eigenvalue weighted by molar-refractivity contribution is -0.119. The zero-order valence-corrected chi connectivity index (χ0v) is 21.1. The molecule has 10 heteroatoms. The molecule has 1 aromatic carbocycles. The molecule has 0 aliphatic carbocycles. The molecule has 0 radical (unpaired) electrons. The van der Waals surface area contributed by atoms with Gasteiger partial charge >= 0.3 is 0 Å². The van der Waals surface area contributed by atoms with Crippen LogP contribution in [0.4, 0.5) is 5.95 Å². The van der Waals surface area contributed by atoms with E-state index in [4.69, 9.17) is 14.2 Å². The minimum atomic E-state index is -0.230. The van der Waals surface area contributed by atoms with Gasteiger partial charge in [0, 0.05) is 25.3 Å². The first-order valence-electron chi connectivity index (χ1n) is 12.0. The zero-order valence-electron chi connectivity index (χ0n) is 20.3. The van der Waals surface area contributed by atoms with Crippen LogP contribution in [0, 0.1) is 0 Å². The van der Waals surface area contributed by atoms with Crippen molar-refractivity contribution in [3.63, 3.8) is 0 Å². The second kappa shape index (κ2) is 11.8. The summed E-state index contributed by atoms with van der Waals surface area (Å²) < 4.78 is 18.8. The van der Waals surface area contributed by atoms with Gasteiger partial charge in [-0.1, -0.05) is 11.8 Å². The SMILES string of the molecule is COc1ccc(OC)c(C(C)NC(=O)CSc2nnc(N3CCCCC3)n2CC2CCCO2)c1. The molecule has 4 rings (SSSR count). The topological polar surface area (TPSA) is 90.7 Å². The maximum atomic E-state index is 12.8. The van der Waals surface area contributed by atoms with Crippen LogP contribution < -0.4 is 19.7 Å². The Hall–Kier alpha value is -2.46. The highest BCUT2D eigenvalue weighted by molar-refractivity contribution is 7.99. The van der Waals surface area contributed by atoms with Gasteiger partial charge in [0.15, 0.2) is 5.16 Å². The number of hydrogen-bond donors (Lipinski definition) is 1. The lowest BCUT2D eigenvalue weighted by Gasteiger charge is -2.28. The third-order valence-electron chi connectivity index (χ3n) is 6.36. The molecule has 9 nitrogen and oxygen atoms in total. The quantitative estimate of drug-likeness (QED) is 0.508. The summed E-state index contributed by atoms with van der Waals surface area (Å²) in [7, 11) is 3.24. The summed E-state index contributed by atoms with van der Waals surface area (Å²) in [5.41, 5.74) is 0.870. The molecular weight excluding hydrogens is 454 g/mol. The maximum absolute atomic E-state index is 12.8. The van der Waals surface area contributed by atoms with Gasteiger partial charge in [-0.3, -0.25) is 9.36 Å². The Morgan fingerprint density at radius 1 is 1.21 bits per heavy atom. The smallest absolute Gasteiger partial charge is 0.230 e. The molecule has 2 aliphatic heterocycles. The number of nitrogens with zero attached hydrogens (tertiary/aromatic N) is 4. The van der Waals surface area contributed by atoms with Gasteiger partial charge in [-0.15, -0.1) is 10.2 Å². The van der Waals surface area contributed by atoms with E-state index in [9.17, 15) is 4.79 Å². The second-order valence-electron chi connectivity index (χ2n) is 8.76. The molecule has 2 fully saturated rings. The molecule has 2 aliphatic rings. The maximum Gasteiger partial charge on any atom is 0.230 e. The molecule has 2 atom stereocenters. The lowest BCUT2D eigenvalue weighted by Crippen LogP contribution is -2.33. The van der Waals surface area contributed by atoms with Gasteiger partial charge in [-0.2, -0.15) is 0 Å². The molecule has 1 N–H and O–H groups in total. The van der Waals surface area contributed by atoms with E-state index in [1.807, 2.05) is 25.1 Å². The van der Waals surface area contributed by atoms with Crippen LogP contribution in [0.5, 0.6) is 11.5 Å². The van der Waals surface area contributed by atoms with Crippen molar-refractivity contribution in [1.29, 1.82) is 0 Å². The molecule has 34 heavy (non-hydrogen) atoms. The molecular formula is C24H35N5O4S. The van der Waals surface area contributed by atoms with Crippen molar-refractivity contribution in [2.75, 3.05) is 44.6 Å². The number of carbonyl (C=O) groups is 1. The Kier molecular flexibility index (Phi) is 8.55. The number of benzene rings is 1. The number of hydrogen-bond acceptors (Lipinski definition) is 8. The average Bonchev–Trinajstić information content (AvgIpc) is 3.53. The summed E-state index contributed by atoms with van der Waals surface area (Å²) in [6.45, 7) is 5.46. The van der Waals surface area contributed by atoms with Gasteiger partial charge in [0.25, 0.3) is 0 Å². The molecule has 2 unspecified atom stereocenters. The fraction of sp³-hybridized carbons (Fsp3) is 0.625. The molecule has 1 amide bonds. The number of amides is 1. The number of thioether (sulfide) groups is 1. The number of rotatable bonds is 10. The molecule has 0 saturated carbocycles. The number of piperidine rings is 1. The van der Waals surface area contributed by atoms with Crippen LogP contribution in [0.1, 0.15) is 50.6 Å². The van der Waals surface area contributed by atoms with E-state index in [-0.39, 0.29) is 23.8 Å². The molecule has 1 aromatic heterocycles. The molecule has 3 heterocycles. The summed E-state index contributed by atoms with van der Waals surface area (Å²) in [5.74, 6) is 2.50. The predicted molar refractivity (Wildman–Crippen MR) is 132 cm³/mol. The first-order valence-corrected chi connectivity index (χ1v) is 13.0. The normalized spacial score (nSPS) is 19.1. The predicted octanol–water partition coefficient (Wildman–Crippen LogP) is 3.43. The van der Waals surface area contributed by atoms with Crippen LogP contribution in [0.15, 0.2) is 23.4 Å². The van der Waals surface area contributed by atoms with E-state index in [2.05, 4.69) is 25.0 Å². The van der Waals surface area contributed by atoms with Crippen LogP contribution >= 0.6 is 11.8 Å². The van der Waals surface area contributed by atoms with Gasteiger partial charge in [-0.25, -0.2) is 0 Å². The average molecular weight is 490 g/mol. The highest BCUT2D eigenvalue weighted by Gasteiger charge is 2.25. The Bertz CT molecular complexity index is 957. The van der Waals surface area contributed by atoms with Crippen LogP contribution in [0.2, 0.25) is 0 Å². The lowest BCUT2D eigenvalue weighted by atomic mass is 10.1. The van der Waals surface area contributed by atoms with E-state index in [1.165, 1.54) is 31.0 Å². The molecule has 2 aromatic rings. The highest BCUT2D eigenvalue weighted by atomic mass is 32.2. The standard InChI is InChI=1S/C24H35N5O4S/c1-17(20-14-18(31-2)9-10-21(20)32-3)25-22(30)16-34-24-27-26-23(28-11-5-4-6-12-28)29(24)15-19-8-7-13-33-19/h9-10,14,17,19H,4-8,11-13,15-16H2,1-3H3,(H,25,30). The van der Waals surface area contributed by atoms with Crippen molar-refractivity contribution in [2.24, 2.45) is 0 Å². The first-order chi connectivity index (χ1) is 16.6. The van der Waals surface area contributed by atoms with Crippen LogP contribution in [-0.2, 0) is 16.1 Å². The Labute approximate surface area is 205 Å². The number of methoxy groups -OCH3 is 2. The van der Waals surface area contributed by atoms with E-state index >= 15 is 0 Å². The zero-order chi connectivity index (χ0) is 23.9. The summed E-state index contributed by atoms with van der Waals surface area (Å²) >= 11 is 1.42. The number of nitrogens with one attached hydrogen (secondary N) is 1. The fourth-order valence-corrected chi connectivity index (χ4v) is 5.29. The molecule has 0 spiro atoms. The van der Waals surface area contributed by atoms with Gasteiger partial charge in [-0.05, 0) is 57.2 Å². The van der Waals surface area contributed by atoms with Crippen molar-refractivity contribution in [3.8, 4) is 11.5 Å². The van der Waals surface area contributed by atoms with E-state index in [0.29, 0.717) is 5.75 Å². The number of ether oxygens (including phenoxy) is 3. The fourth-order valence-electron chi connectivity index (χ4n) is 4.54. The van der Waals surface area contributed by atoms with Crippen molar-refractivity contribution < 1.29 is 19.0 Å². The Morgan fingerprint density at radius 3 is 2.74 bits per heavy atom. The van der Waals surface area contributed by atoms with Gasteiger partial charge in [0.1, 0.15) is 11.5 Å². The van der Waals surface area contributed by atoms with E-state index < -0.39 is 0 Å². The minimum Gasteiger partial charge on any atom is -0.497 e. The van der Waals surface area contributed by atoms with Crippen LogP contribution in [0.3, 0.4) is 0 Å². The minimum absolute atomic E-state index is 0.0754. The van der Waals surface area contributed by atoms with Crippen LogP contribution in [-0.4, -0.2) is 66.4 Å². The number of anilines is 1. The van der Waals surface area contributed by atoms with E-state index in [1.54, 1.807) is 14.2 Å². The summed E-state index contributed by atoms with van der Waals surface area (Å²) in [6, 6.07) is 5.35. The monoisotopic (exact) mass is 489 g/mol. The number of aromatic nitrogens is 3. The first kappa shape index (κ1) is 24.7. The van der Waals surface area contributed by atoms with Gasteiger partial charge in [0.2, 0.25) is 11.9 Å². The Balaban J connectivity index is 1.42. The number of carbonyl (C=O) groups excluding carboxylic acids is 1.